The summed E-state index contributed by atoms with van der Waals surface area (Å²) in [6.45, 7) is 1.40. The maximum Gasteiger partial charge on any atom is 0.220 e. The van der Waals surface area contributed by atoms with E-state index in [0.717, 1.165) is 11.1 Å². The SMILES string of the molecule is CN(C)Cc1cc(C2CNC(=O)C2)ccc1O. The molecule has 1 amide bonds. The third kappa shape index (κ3) is 2.77. The van der Waals surface area contributed by atoms with Gasteiger partial charge in [-0.1, -0.05) is 12.1 Å². The van der Waals surface area contributed by atoms with E-state index in [2.05, 4.69) is 5.32 Å². The lowest BCUT2D eigenvalue weighted by Gasteiger charge is -2.14. The minimum atomic E-state index is 0.109. The van der Waals surface area contributed by atoms with E-state index >= 15 is 0 Å². The fourth-order valence-electron chi connectivity index (χ4n) is 2.17. The van der Waals surface area contributed by atoms with Crippen LogP contribution in [0.3, 0.4) is 0 Å². The van der Waals surface area contributed by atoms with Crippen LogP contribution in [0.25, 0.3) is 0 Å². The highest BCUT2D eigenvalue weighted by atomic mass is 16.3. The molecule has 2 rings (SSSR count). The quantitative estimate of drug-likeness (QED) is 0.822. The lowest BCUT2D eigenvalue weighted by atomic mass is 9.96. The Morgan fingerprint density at radius 1 is 1.47 bits per heavy atom. The van der Waals surface area contributed by atoms with E-state index in [4.69, 9.17) is 0 Å². The minimum absolute atomic E-state index is 0.109. The van der Waals surface area contributed by atoms with E-state index in [9.17, 15) is 9.90 Å². The Balaban J connectivity index is 2.21. The van der Waals surface area contributed by atoms with Crippen LogP contribution in [-0.4, -0.2) is 36.6 Å². The number of rotatable bonds is 3. The number of phenolic OH excluding ortho intramolecular Hbond substituents is 1. The summed E-state index contributed by atoms with van der Waals surface area (Å²) in [5.74, 6) is 0.668. The zero-order valence-corrected chi connectivity index (χ0v) is 10.2. The average Bonchev–Trinajstić information content (AvgIpc) is 2.67. The summed E-state index contributed by atoms with van der Waals surface area (Å²) in [5.41, 5.74) is 2.03. The molecule has 1 fully saturated rings. The predicted octanol–water partition coefficient (Wildman–Crippen LogP) is 1.06. The van der Waals surface area contributed by atoms with E-state index in [1.54, 1.807) is 6.07 Å². The van der Waals surface area contributed by atoms with E-state index in [1.807, 2.05) is 31.1 Å². The molecule has 92 valence electrons. The van der Waals surface area contributed by atoms with Crippen LogP contribution in [0.5, 0.6) is 5.75 Å². The first-order valence-electron chi connectivity index (χ1n) is 5.79. The number of hydrogen-bond donors (Lipinski definition) is 2. The van der Waals surface area contributed by atoms with Crippen LogP contribution < -0.4 is 5.32 Å². The molecular weight excluding hydrogens is 216 g/mol. The maximum atomic E-state index is 11.2. The van der Waals surface area contributed by atoms with E-state index in [1.165, 1.54) is 0 Å². The van der Waals surface area contributed by atoms with Gasteiger partial charge < -0.3 is 15.3 Å². The summed E-state index contributed by atoms with van der Waals surface area (Å²) < 4.78 is 0. The molecule has 1 aliphatic rings. The number of carbonyl (C=O) groups excluding carboxylic acids is 1. The lowest BCUT2D eigenvalue weighted by molar-refractivity contribution is -0.119. The van der Waals surface area contributed by atoms with Crippen molar-refractivity contribution in [2.45, 2.75) is 18.9 Å². The highest BCUT2D eigenvalue weighted by Crippen LogP contribution is 2.28. The van der Waals surface area contributed by atoms with Gasteiger partial charge in [0, 0.05) is 31.0 Å². The smallest absolute Gasteiger partial charge is 0.220 e. The molecule has 1 atom stereocenters. The van der Waals surface area contributed by atoms with Gasteiger partial charge >= 0.3 is 0 Å². The fourth-order valence-corrected chi connectivity index (χ4v) is 2.17. The number of benzene rings is 1. The van der Waals surface area contributed by atoms with Gasteiger partial charge in [0.2, 0.25) is 5.91 Å². The third-order valence-corrected chi connectivity index (χ3v) is 3.04. The van der Waals surface area contributed by atoms with Crippen molar-refractivity contribution in [3.05, 3.63) is 29.3 Å². The summed E-state index contributed by atoms with van der Waals surface area (Å²) in [6.07, 6.45) is 0.548. The Labute approximate surface area is 101 Å². The molecule has 4 nitrogen and oxygen atoms in total. The number of hydrogen-bond acceptors (Lipinski definition) is 3. The standard InChI is InChI=1S/C13H18N2O2/c1-15(2)8-11-5-9(3-4-12(11)16)10-6-13(17)14-7-10/h3-5,10,16H,6-8H2,1-2H3,(H,14,17). The number of aromatic hydroxyl groups is 1. The van der Waals surface area contributed by atoms with Crippen molar-refractivity contribution in [2.75, 3.05) is 20.6 Å². The van der Waals surface area contributed by atoms with Gasteiger partial charge in [0.25, 0.3) is 0 Å². The molecule has 0 aliphatic carbocycles. The van der Waals surface area contributed by atoms with Crippen molar-refractivity contribution in [1.82, 2.24) is 10.2 Å². The Hall–Kier alpha value is -1.55. The van der Waals surface area contributed by atoms with Gasteiger partial charge in [-0.3, -0.25) is 4.79 Å². The second-order valence-corrected chi connectivity index (χ2v) is 4.83. The van der Waals surface area contributed by atoms with E-state index < -0.39 is 0 Å². The predicted molar refractivity (Wildman–Crippen MR) is 65.9 cm³/mol. The monoisotopic (exact) mass is 234 g/mol. The molecule has 4 heteroatoms. The fraction of sp³-hybridized carbons (Fsp3) is 0.462. The Morgan fingerprint density at radius 3 is 2.82 bits per heavy atom. The summed E-state index contributed by atoms with van der Waals surface area (Å²) in [5, 5.41) is 12.6. The number of nitrogens with zero attached hydrogens (tertiary/aromatic N) is 1. The molecule has 0 bridgehead atoms. The highest BCUT2D eigenvalue weighted by molar-refractivity contribution is 5.79. The van der Waals surface area contributed by atoms with Gasteiger partial charge in [-0.15, -0.1) is 0 Å². The second kappa shape index (κ2) is 4.75. The molecule has 1 unspecified atom stereocenters. The highest BCUT2D eigenvalue weighted by Gasteiger charge is 2.23. The van der Waals surface area contributed by atoms with Crippen molar-refractivity contribution in [3.63, 3.8) is 0 Å². The molecule has 1 saturated heterocycles. The Bertz CT molecular complexity index is 429. The van der Waals surface area contributed by atoms with Crippen LogP contribution >= 0.6 is 0 Å². The molecule has 1 aromatic carbocycles. The first kappa shape index (κ1) is 11.9. The largest absolute Gasteiger partial charge is 0.508 e. The zero-order chi connectivity index (χ0) is 12.4. The molecule has 1 aromatic rings. The molecule has 0 radical (unpaired) electrons. The van der Waals surface area contributed by atoms with Crippen LogP contribution in [0, 0.1) is 0 Å². The lowest BCUT2D eigenvalue weighted by Crippen LogP contribution is -2.14. The molecule has 2 N–H and O–H groups in total. The van der Waals surface area contributed by atoms with E-state index in [-0.39, 0.29) is 11.8 Å². The second-order valence-electron chi connectivity index (χ2n) is 4.83. The third-order valence-electron chi connectivity index (χ3n) is 3.04. The van der Waals surface area contributed by atoms with Crippen LogP contribution in [0.15, 0.2) is 18.2 Å². The van der Waals surface area contributed by atoms with Crippen molar-refractivity contribution >= 4 is 5.91 Å². The van der Waals surface area contributed by atoms with Gasteiger partial charge in [0.15, 0.2) is 0 Å². The molecule has 0 saturated carbocycles. The van der Waals surface area contributed by atoms with Gasteiger partial charge in [-0.05, 0) is 25.7 Å². The van der Waals surface area contributed by atoms with Crippen molar-refractivity contribution in [3.8, 4) is 5.75 Å². The topological polar surface area (TPSA) is 52.6 Å². The molecular formula is C13H18N2O2. The summed E-state index contributed by atoms with van der Waals surface area (Å²) in [7, 11) is 3.93. The first-order chi connectivity index (χ1) is 8.06. The number of carbonyl (C=O) groups is 1. The molecule has 1 aliphatic heterocycles. The average molecular weight is 234 g/mol. The molecule has 0 aromatic heterocycles. The van der Waals surface area contributed by atoms with Gasteiger partial charge in [0.05, 0.1) is 0 Å². The molecule has 0 spiro atoms. The van der Waals surface area contributed by atoms with E-state index in [0.29, 0.717) is 25.3 Å². The van der Waals surface area contributed by atoms with Crippen molar-refractivity contribution in [1.29, 1.82) is 0 Å². The Morgan fingerprint density at radius 2 is 2.24 bits per heavy atom. The minimum Gasteiger partial charge on any atom is -0.508 e. The normalized spacial score (nSPS) is 19.7. The molecule has 1 heterocycles. The first-order valence-corrected chi connectivity index (χ1v) is 5.79. The van der Waals surface area contributed by atoms with Crippen molar-refractivity contribution < 1.29 is 9.90 Å². The van der Waals surface area contributed by atoms with Crippen LogP contribution in [0.1, 0.15) is 23.5 Å². The summed E-state index contributed by atoms with van der Waals surface area (Å²) in [4.78, 5) is 13.2. The number of phenols is 1. The number of amides is 1. The zero-order valence-electron chi connectivity index (χ0n) is 10.2. The van der Waals surface area contributed by atoms with Crippen molar-refractivity contribution in [2.24, 2.45) is 0 Å². The van der Waals surface area contributed by atoms with Crippen LogP contribution in [-0.2, 0) is 11.3 Å². The Kier molecular flexibility index (Phi) is 3.33. The van der Waals surface area contributed by atoms with Crippen LogP contribution in [0.2, 0.25) is 0 Å². The van der Waals surface area contributed by atoms with Gasteiger partial charge in [0.1, 0.15) is 5.75 Å². The maximum absolute atomic E-state index is 11.2. The van der Waals surface area contributed by atoms with Gasteiger partial charge in [-0.2, -0.15) is 0 Å². The summed E-state index contributed by atoms with van der Waals surface area (Å²) >= 11 is 0. The van der Waals surface area contributed by atoms with Crippen LogP contribution in [0.4, 0.5) is 0 Å². The summed E-state index contributed by atoms with van der Waals surface area (Å²) in [6, 6.07) is 5.62. The number of nitrogens with one attached hydrogen (secondary N) is 1. The van der Waals surface area contributed by atoms with Gasteiger partial charge in [-0.25, -0.2) is 0 Å². The molecule has 17 heavy (non-hydrogen) atoms.